The molecule has 1 N–H and O–H groups in total. The number of ketones is 1. The fourth-order valence-corrected chi connectivity index (χ4v) is 3.95. The number of nitrogens with one attached hydrogen (secondary N) is 1. The molecule has 0 saturated carbocycles. The molecule has 3 aromatic carbocycles. The van der Waals surface area contributed by atoms with Crippen LogP contribution in [-0.4, -0.2) is 16.3 Å². The van der Waals surface area contributed by atoms with Gasteiger partial charge in [0.1, 0.15) is 11.6 Å². The van der Waals surface area contributed by atoms with E-state index in [-0.39, 0.29) is 11.4 Å². The van der Waals surface area contributed by atoms with Crippen molar-refractivity contribution in [3.63, 3.8) is 0 Å². The van der Waals surface area contributed by atoms with Crippen LogP contribution in [-0.2, 0) is 4.79 Å². The van der Waals surface area contributed by atoms with Crippen molar-refractivity contribution < 1.29 is 9.59 Å². The number of Topliss-reactive ketones (excluding diaryl/α,β-unsaturated/α-hetero) is 1. The number of hydrogen-bond acceptors (Lipinski definition) is 3. The van der Waals surface area contributed by atoms with Gasteiger partial charge in [-0.2, -0.15) is 5.26 Å². The van der Waals surface area contributed by atoms with E-state index in [1.165, 1.54) is 6.92 Å². The number of rotatable bonds is 5. The Morgan fingerprint density at radius 1 is 0.939 bits per heavy atom. The minimum Gasteiger partial charge on any atom is -0.321 e. The van der Waals surface area contributed by atoms with Gasteiger partial charge in [-0.3, -0.25) is 9.59 Å². The van der Waals surface area contributed by atoms with E-state index in [0.29, 0.717) is 11.3 Å². The molecule has 0 fully saturated rings. The number of anilines is 1. The summed E-state index contributed by atoms with van der Waals surface area (Å²) in [5, 5.41) is 14.6. The number of benzene rings is 3. The quantitative estimate of drug-likeness (QED) is 0.238. The predicted octanol–water partition coefficient (Wildman–Crippen LogP) is 6.00. The van der Waals surface area contributed by atoms with Crippen LogP contribution in [0.2, 0.25) is 0 Å². The van der Waals surface area contributed by atoms with Gasteiger partial charge < -0.3 is 9.88 Å². The number of aromatic nitrogens is 1. The van der Waals surface area contributed by atoms with Gasteiger partial charge in [-0.15, -0.1) is 0 Å². The van der Waals surface area contributed by atoms with Crippen LogP contribution in [0.15, 0.2) is 78.4 Å². The SMILES string of the molecule is CC(=O)c1ccc(-n2c(C)cc(C=C(C#N)C(=O)Nc3ccc4ccccc4c3)c2C)cc1. The van der Waals surface area contributed by atoms with Gasteiger partial charge in [-0.25, -0.2) is 0 Å². The molecule has 33 heavy (non-hydrogen) atoms. The van der Waals surface area contributed by atoms with Crippen LogP contribution in [0.4, 0.5) is 5.69 Å². The fourth-order valence-electron chi connectivity index (χ4n) is 3.95. The lowest BCUT2D eigenvalue weighted by atomic mass is 10.1. The monoisotopic (exact) mass is 433 g/mol. The van der Waals surface area contributed by atoms with Crippen molar-refractivity contribution in [3.05, 3.63) is 101 Å². The fraction of sp³-hybridized carbons (Fsp3) is 0.107. The lowest BCUT2D eigenvalue weighted by Crippen LogP contribution is -2.13. The number of nitrogens with zero attached hydrogens (tertiary/aromatic N) is 2. The third-order valence-electron chi connectivity index (χ3n) is 5.67. The van der Waals surface area contributed by atoms with Gasteiger partial charge in [0.15, 0.2) is 5.78 Å². The average Bonchev–Trinajstić information content (AvgIpc) is 3.09. The van der Waals surface area contributed by atoms with Gasteiger partial charge in [0, 0.05) is 28.3 Å². The number of carbonyl (C=O) groups excluding carboxylic acids is 2. The molecule has 0 radical (unpaired) electrons. The first kappa shape index (κ1) is 21.8. The predicted molar refractivity (Wildman–Crippen MR) is 131 cm³/mol. The van der Waals surface area contributed by atoms with Gasteiger partial charge in [-0.1, -0.05) is 30.3 Å². The molecule has 0 atom stereocenters. The van der Waals surface area contributed by atoms with E-state index in [1.807, 2.05) is 85.1 Å². The van der Waals surface area contributed by atoms with E-state index in [0.717, 1.165) is 33.4 Å². The first-order chi connectivity index (χ1) is 15.9. The molecule has 4 aromatic rings. The Kier molecular flexibility index (Phi) is 5.93. The largest absolute Gasteiger partial charge is 0.321 e. The van der Waals surface area contributed by atoms with Crippen LogP contribution in [0.3, 0.4) is 0 Å². The first-order valence-electron chi connectivity index (χ1n) is 10.6. The van der Waals surface area contributed by atoms with Crippen molar-refractivity contribution in [3.8, 4) is 11.8 Å². The van der Waals surface area contributed by atoms with Gasteiger partial charge >= 0.3 is 0 Å². The number of fused-ring (bicyclic) bond motifs is 1. The summed E-state index contributed by atoms with van der Waals surface area (Å²) >= 11 is 0. The van der Waals surface area contributed by atoms with E-state index in [4.69, 9.17) is 0 Å². The molecule has 5 nitrogen and oxygen atoms in total. The molecule has 0 bridgehead atoms. The normalized spacial score (nSPS) is 11.3. The van der Waals surface area contributed by atoms with Crippen LogP contribution in [0.5, 0.6) is 0 Å². The van der Waals surface area contributed by atoms with Crippen molar-refractivity contribution in [1.82, 2.24) is 4.57 Å². The van der Waals surface area contributed by atoms with E-state index in [9.17, 15) is 14.9 Å². The molecular weight excluding hydrogens is 410 g/mol. The van der Waals surface area contributed by atoms with Crippen LogP contribution < -0.4 is 5.32 Å². The molecule has 0 aliphatic heterocycles. The third kappa shape index (κ3) is 4.46. The highest BCUT2D eigenvalue weighted by Gasteiger charge is 2.14. The maximum Gasteiger partial charge on any atom is 0.266 e. The smallest absolute Gasteiger partial charge is 0.266 e. The second-order valence-corrected chi connectivity index (χ2v) is 7.95. The third-order valence-corrected chi connectivity index (χ3v) is 5.67. The molecule has 1 aromatic heterocycles. The van der Waals surface area contributed by atoms with Crippen molar-refractivity contribution in [1.29, 1.82) is 5.26 Å². The van der Waals surface area contributed by atoms with Gasteiger partial charge in [0.2, 0.25) is 0 Å². The van der Waals surface area contributed by atoms with E-state index >= 15 is 0 Å². The Balaban J connectivity index is 1.62. The Morgan fingerprint density at radius 3 is 2.30 bits per heavy atom. The summed E-state index contributed by atoms with van der Waals surface area (Å²) in [6.07, 6.45) is 1.61. The van der Waals surface area contributed by atoms with Crippen molar-refractivity contribution in [2.45, 2.75) is 20.8 Å². The summed E-state index contributed by atoms with van der Waals surface area (Å²) in [6.45, 7) is 5.44. The number of aryl methyl sites for hydroxylation is 1. The highest BCUT2D eigenvalue weighted by atomic mass is 16.1. The Labute approximate surface area is 192 Å². The highest BCUT2D eigenvalue weighted by Crippen LogP contribution is 2.24. The van der Waals surface area contributed by atoms with E-state index in [2.05, 4.69) is 5.32 Å². The molecule has 0 unspecified atom stereocenters. The summed E-state index contributed by atoms with van der Waals surface area (Å²) in [4.78, 5) is 24.4. The number of nitriles is 1. The lowest BCUT2D eigenvalue weighted by Gasteiger charge is -2.10. The number of amides is 1. The van der Waals surface area contributed by atoms with Gasteiger partial charge in [-0.05, 0) is 85.6 Å². The molecule has 4 rings (SSSR count). The molecule has 0 spiro atoms. The molecule has 1 amide bonds. The van der Waals surface area contributed by atoms with Crippen LogP contribution in [0.25, 0.3) is 22.5 Å². The molecular formula is C28H23N3O2. The van der Waals surface area contributed by atoms with Crippen LogP contribution in [0, 0.1) is 25.2 Å². The maximum absolute atomic E-state index is 12.8. The zero-order valence-corrected chi connectivity index (χ0v) is 18.7. The van der Waals surface area contributed by atoms with E-state index < -0.39 is 5.91 Å². The van der Waals surface area contributed by atoms with E-state index in [1.54, 1.807) is 18.2 Å². The van der Waals surface area contributed by atoms with Crippen molar-refractivity contribution in [2.75, 3.05) is 5.32 Å². The summed E-state index contributed by atoms with van der Waals surface area (Å²) in [5.41, 5.74) is 4.86. The van der Waals surface area contributed by atoms with Crippen LogP contribution in [0.1, 0.15) is 34.2 Å². The molecule has 5 heteroatoms. The Hall–Kier alpha value is -4.43. The summed E-state index contributed by atoms with van der Waals surface area (Å²) in [6, 6.07) is 24.9. The van der Waals surface area contributed by atoms with Crippen molar-refractivity contribution in [2.24, 2.45) is 0 Å². The first-order valence-corrected chi connectivity index (χ1v) is 10.6. The van der Waals surface area contributed by atoms with Crippen LogP contribution >= 0.6 is 0 Å². The number of carbonyl (C=O) groups is 2. The molecule has 0 aliphatic carbocycles. The van der Waals surface area contributed by atoms with Gasteiger partial charge in [0.25, 0.3) is 5.91 Å². The summed E-state index contributed by atoms with van der Waals surface area (Å²) < 4.78 is 2.03. The second kappa shape index (κ2) is 8.97. The zero-order valence-electron chi connectivity index (χ0n) is 18.7. The Bertz CT molecular complexity index is 1450. The van der Waals surface area contributed by atoms with Gasteiger partial charge in [0.05, 0.1) is 0 Å². The maximum atomic E-state index is 12.8. The molecule has 0 aliphatic rings. The zero-order chi connectivity index (χ0) is 23.5. The lowest BCUT2D eigenvalue weighted by molar-refractivity contribution is -0.112. The highest BCUT2D eigenvalue weighted by molar-refractivity contribution is 6.10. The number of hydrogen-bond donors (Lipinski definition) is 1. The molecule has 1 heterocycles. The molecule has 162 valence electrons. The summed E-state index contributed by atoms with van der Waals surface area (Å²) in [7, 11) is 0. The minimum atomic E-state index is -0.455. The standard InChI is InChI=1S/C28H23N3O2/c1-18-14-24(19(2)31(18)27-12-9-21(10-13-27)20(3)32)15-25(17-29)28(33)30-26-11-8-22-6-4-5-7-23(22)16-26/h4-16H,1-3H3,(H,30,33). The topological polar surface area (TPSA) is 74.9 Å². The average molecular weight is 434 g/mol. The molecule has 0 saturated heterocycles. The summed E-state index contributed by atoms with van der Waals surface area (Å²) in [5.74, 6) is -0.439. The second-order valence-electron chi connectivity index (χ2n) is 7.95. The van der Waals surface area contributed by atoms with Crippen molar-refractivity contribution >= 4 is 34.2 Å². The Morgan fingerprint density at radius 2 is 1.64 bits per heavy atom. The minimum absolute atomic E-state index is 0.0159.